The predicted molar refractivity (Wildman–Crippen MR) is 149 cm³/mol. The minimum absolute atomic E-state index is 0.0705. The number of carbonyl (C=O) groups excluding carboxylic acids is 1. The highest BCUT2D eigenvalue weighted by molar-refractivity contribution is 5.78. The van der Waals surface area contributed by atoms with Gasteiger partial charge in [-0.15, -0.1) is 10.2 Å². The number of alkyl halides is 2. The third-order valence-corrected chi connectivity index (χ3v) is 9.77. The van der Waals surface area contributed by atoms with Crippen molar-refractivity contribution in [2.75, 3.05) is 13.1 Å². The normalized spacial score (nSPS) is 27.0. The van der Waals surface area contributed by atoms with Crippen LogP contribution in [0.5, 0.6) is 0 Å². The largest absolute Gasteiger partial charge is 0.355 e. The number of amides is 1. The molecule has 1 N–H and O–H groups in total. The van der Waals surface area contributed by atoms with Gasteiger partial charge in [0.05, 0.1) is 0 Å². The van der Waals surface area contributed by atoms with E-state index in [1.807, 2.05) is 6.07 Å². The van der Waals surface area contributed by atoms with Gasteiger partial charge in [-0.1, -0.05) is 51.1 Å². The first-order chi connectivity index (χ1) is 18.6. The highest BCUT2D eigenvalue weighted by Gasteiger charge is 2.43. The van der Waals surface area contributed by atoms with Gasteiger partial charge >= 0.3 is 0 Å². The predicted octanol–water partition coefficient (Wildman–Crippen LogP) is 6.17. The Labute approximate surface area is 231 Å². The van der Waals surface area contributed by atoms with Gasteiger partial charge in [0.1, 0.15) is 11.6 Å². The molecule has 2 aromatic rings. The van der Waals surface area contributed by atoms with Crippen molar-refractivity contribution in [1.29, 1.82) is 0 Å². The second-order valence-electron chi connectivity index (χ2n) is 12.9. The maximum Gasteiger partial charge on any atom is 0.248 e. The lowest BCUT2D eigenvalue weighted by molar-refractivity contribution is -0.129. The average molecular weight is 542 g/mol. The van der Waals surface area contributed by atoms with Gasteiger partial charge in [-0.05, 0) is 64.0 Å². The van der Waals surface area contributed by atoms with Crippen molar-refractivity contribution in [3.8, 4) is 0 Å². The average Bonchev–Trinajstić information content (AvgIpc) is 3.42. The molecule has 1 saturated carbocycles. The van der Waals surface area contributed by atoms with E-state index in [9.17, 15) is 13.6 Å². The number of halogens is 2. The summed E-state index contributed by atoms with van der Waals surface area (Å²) >= 11 is 0. The molecule has 3 aliphatic rings. The lowest BCUT2D eigenvalue weighted by Gasteiger charge is -2.42. The SMILES string of the molecule is Cc1nnc(C(C)C)n1C1C[C@H]2CC[C@@H](C1)N2CCC(C)(CNC(=O)C1CCC(F)(F)CC1)c1ccccc1. The smallest absolute Gasteiger partial charge is 0.248 e. The Morgan fingerprint density at radius 3 is 2.31 bits per heavy atom. The van der Waals surface area contributed by atoms with Crippen molar-refractivity contribution >= 4 is 5.91 Å². The summed E-state index contributed by atoms with van der Waals surface area (Å²) in [7, 11) is 0. The summed E-state index contributed by atoms with van der Waals surface area (Å²) in [5, 5.41) is 12.1. The molecule has 2 unspecified atom stereocenters. The van der Waals surface area contributed by atoms with Crippen molar-refractivity contribution in [1.82, 2.24) is 25.0 Å². The fourth-order valence-electron chi connectivity index (χ4n) is 7.33. The number of hydrogen-bond acceptors (Lipinski definition) is 4. The molecule has 3 fully saturated rings. The van der Waals surface area contributed by atoms with Crippen LogP contribution >= 0.6 is 0 Å². The fourth-order valence-corrected chi connectivity index (χ4v) is 7.33. The Kier molecular flexibility index (Phi) is 8.14. The summed E-state index contributed by atoms with van der Waals surface area (Å²) in [6.07, 6.45) is 5.79. The van der Waals surface area contributed by atoms with Crippen molar-refractivity contribution in [2.24, 2.45) is 5.92 Å². The molecule has 3 heterocycles. The topological polar surface area (TPSA) is 63.1 Å². The van der Waals surface area contributed by atoms with Crippen molar-refractivity contribution in [3.63, 3.8) is 0 Å². The second-order valence-corrected chi connectivity index (χ2v) is 12.9. The Hall–Kier alpha value is -2.35. The third kappa shape index (κ3) is 6.06. The maximum absolute atomic E-state index is 13.6. The van der Waals surface area contributed by atoms with E-state index in [0.29, 0.717) is 30.6 Å². The molecule has 1 aromatic heterocycles. The highest BCUT2D eigenvalue weighted by atomic mass is 19.3. The summed E-state index contributed by atoms with van der Waals surface area (Å²) in [6, 6.07) is 12.0. The molecule has 2 aliphatic heterocycles. The number of aryl methyl sites for hydroxylation is 1. The lowest BCUT2D eigenvalue weighted by atomic mass is 9.78. The minimum Gasteiger partial charge on any atom is -0.355 e. The standard InChI is InChI=1S/C31H45F2N5O/c1-21(2)28-36-35-22(3)38(28)27-18-25-10-11-26(19-27)37(25)17-16-30(4,24-8-6-5-7-9-24)20-34-29(39)23-12-14-31(32,33)15-13-23/h5-9,21,23,25-27H,10-20H2,1-4H3,(H,34,39)/t25-,26+,27?,30?. The molecule has 2 bridgehead atoms. The summed E-state index contributed by atoms with van der Waals surface area (Å²) < 4.78 is 29.6. The summed E-state index contributed by atoms with van der Waals surface area (Å²) in [5.74, 6) is -0.528. The minimum atomic E-state index is -2.62. The Bertz CT molecular complexity index is 1110. The van der Waals surface area contributed by atoms with E-state index in [0.717, 1.165) is 37.5 Å². The first-order valence-electron chi connectivity index (χ1n) is 14.9. The van der Waals surface area contributed by atoms with E-state index in [2.05, 4.69) is 76.9 Å². The number of piperidine rings is 1. The van der Waals surface area contributed by atoms with Crippen LogP contribution in [0.4, 0.5) is 8.78 Å². The number of benzene rings is 1. The van der Waals surface area contributed by atoms with Crippen molar-refractivity contribution in [3.05, 3.63) is 47.5 Å². The third-order valence-electron chi connectivity index (χ3n) is 9.77. The van der Waals surface area contributed by atoms with E-state index in [4.69, 9.17) is 0 Å². The first kappa shape index (κ1) is 28.2. The quantitative estimate of drug-likeness (QED) is 0.413. The number of aromatic nitrogens is 3. The van der Waals surface area contributed by atoms with Crippen molar-refractivity contribution < 1.29 is 13.6 Å². The number of rotatable bonds is 9. The van der Waals surface area contributed by atoms with E-state index in [1.165, 1.54) is 18.4 Å². The molecule has 0 spiro atoms. The number of hydrogen-bond donors (Lipinski definition) is 1. The van der Waals surface area contributed by atoms with Crippen molar-refractivity contribution in [2.45, 2.75) is 121 Å². The Balaban J connectivity index is 1.24. The van der Waals surface area contributed by atoms with Crippen LogP contribution < -0.4 is 5.32 Å². The van der Waals surface area contributed by atoms with Crippen LogP contribution in [0, 0.1) is 12.8 Å². The van der Waals surface area contributed by atoms with Crippen LogP contribution in [0.15, 0.2) is 30.3 Å². The van der Waals surface area contributed by atoms with E-state index in [1.54, 1.807) is 0 Å². The summed E-state index contributed by atoms with van der Waals surface area (Å²) in [5.41, 5.74) is 0.978. The van der Waals surface area contributed by atoms with Crippen LogP contribution in [-0.2, 0) is 10.2 Å². The van der Waals surface area contributed by atoms with Crippen LogP contribution in [0.2, 0.25) is 0 Å². The van der Waals surface area contributed by atoms with Crippen LogP contribution in [-0.4, -0.2) is 56.7 Å². The fraction of sp³-hybridized carbons (Fsp3) is 0.710. The molecule has 8 heteroatoms. The van der Waals surface area contributed by atoms with Gasteiger partial charge in [-0.3, -0.25) is 9.69 Å². The molecule has 6 nitrogen and oxygen atoms in total. The van der Waals surface area contributed by atoms with E-state index in [-0.39, 0.29) is 42.9 Å². The van der Waals surface area contributed by atoms with E-state index >= 15 is 0 Å². The van der Waals surface area contributed by atoms with Crippen LogP contribution in [0.3, 0.4) is 0 Å². The molecule has 4 atom stereocenters. The molecule has 1 aromatic carbocycles. The zero-order valence-corrected chi connectivity index (χ0v) is 24.0. The molecule has 1 aliphatic carbocycles. The van der Waals surface area contributed by atoms with Crippen LogP contribution in [0.1, 0.15) is 108 Å². The Morgan fingerprint density at radius 2 is 1.69 bits per heavy atom. The van der Waals surface area contributed by atoms with E-state index < -0.39 is 5.92 Å². The molecule has 0 radical (unpaired) electrons. The van der Waals surface area contributed by atoms with Gasteiger partial charge in [-0.2, -0.15) is 0 Å². The van der Waals surface area contributed by atoms with Gasteiger partial charge < -0.3 is 9.88 Å². The molecule has 2 saturated heterocycles. The maximum atomic E-state index is 13.6. The highest BCUT2D eigenvalue weighted by Crippen LogP contribution is 2.43. The molecule has 39 heavy (non-hydrogen) atoms. The van der Waals surface area contributed by atoms with Gasteiger partial charge in [0, 0.05) is 54.8 Å². The zero-order valence-electron chi connectivity index (χ0n) is 24.0. The summed E-state index contributed by atoms with van der Waals surface area (Å²) in [4.78, 5) is 15.7. The molecular formula is C31H45F2N5O. The van der Waals surface area contributed by atoms with Gasteiger partial charge in [-0.25, -0.2) is 8.78 Å². The molecule has 1 amide bonds. The monoisotopic (exact) mass is 541 g/mol. The number of nitrogens with one attached hydrogen (secondary N) is 1. The zero-order chi connectivity index (χ0) is 27.8. The van der Waals surface area contributed by atoms with Gasteiger partial charge in [0.25, 0.3) is 0 Å². The Morgan fingerprint density at radius 1 is 1.05 bits per heavy atom. The summed E-state index contributed by atoms with van der Waals surface area (Å²) in [6.45, 7) is 10.2. The molecular weight excluding hydrogens is 496 g/mol. The first-order valence-corrected chi connectivity index (χ1v) is 14.9. The number of carbonyl (C=O) groups is 1. The number of fused-ring (bicyclic) bond motifs is 2. The molecule has 214 valence electrons. The van der Waals surface area contributed by atoms with Crippen LogP contribution in [0.25, 0.3) is 0 Å². The number of nitrogens with zero attached hydrogens (tertiary/aromatic N) is 4. The second kappa shape index (κ2) is 11.3. The van der Waals surface area contributed by atoms with Gasteiger partial charge in [0.2, 0.25) is 11.8 Å². The van der Waals surface area contributed by atoms with Gasteiger partial charge in [0.15, 0.2) is 0 Å². The lowest BCUT2D eigenvalue weighted by Crippen LogP contribution is -2.48. The molecule has 5 rings (SSSR count).